The molecule has 0 spiro atoms. The van der Waals surface area contributed by atoms with Gasteiger partial charge in [-0.05, 0) is 24.6 Å². The molecule has 1 aliphatic rings. The van der Waals surface area contributed by atoms with E-state index >= 15 is 0 Å². The average Bonchev–Trinajstić information content (AvgIpc) is 2.30. The van der Waals surface area contributed by atoms with E-state index in [-0.39, 0.29) is 5.91 Å². The van der Waals surface area contributed by atoms with Crippen LogP contribution in [0.25, 0.3) is 0 Å². The van der Waals surface area contributed by atoms with Gasteiger partial charge in [-0.3, -0.25) is 4.79 Å². The van der Waals surface area contributed by atoms with Crippen LogP contribution in [0.5, 0.6) is 0 Å². The van der Waals surface area contributed by atoms with Gasteiger partial charge in [-0.1, -0.05) is 35.7 Å². The minimum absolute atomic E-state index is 0.0799. The summed E-state index contributed by atoms with van der Waals surface area (Å²) in [7, 11) is 0. The maximum absolute atomic E-state index is 11.6. The standard InChI is InChI=1S/C13H17BrN2O/c1-2-3-4-7-16-9-13(17)15-11-6-5-10(14)8-12(11)16/h5-6,8H,2-4,7,9H2,1H3,(H,15,17). The Morgan fingerprint density at radius 2 is 2.24 bits per heavy atom. The number of carbonyl (C=O) groups excluding carboxylic acids is 1. The molecule has 0 saturated carbocycles. The van der Waals surface area contributed by atoms with Crippen molar-refractivity contribution in [1.29, 1.82) is 0 Å². The predicted octanol–water partition coefficient (Wildman–Crippen LogP) is 3.40. The molecular weight excluding hydrogens is 280 g/mol. The summed E-state index contributed by atoms with van der Waals surface area (Å²) in [4.78, 5) is 13.8. The van der Waals surface area contributed by atoms with Crippen LogP contribution in [0.1, 0.15) is 26.2 Å². The van der Waals surface area contributed by atoms with E-state index in [2.05, 4.69) is 39.1 Å². The molecule has 1 aromatic carbocycles. The van der Waals surface area contributed by atoms with Crippen molar-refractivity contribution in [3.63, 3.8) is 0 Å². The quantitative estimate of drug-likeness (QED) is 0.864. The molecule has 1 amide bonds. The molecule has 0 aromatic heterocycles. The summed E-state index contributed by atoms with van der Waals surface area (Å²) in [5.41, 5.74) is 2.04. The largest absolute Gasteiger partial charge is 0.361 e. The second kappa shape index (κ2) is 5.54. The molecule has 0 unspecified atom stereocenters. The van der Waals surface area contributed by atoms with Crippen molar-refractivity contribution in [2.24, 2.45) is 0 Å². The van der Waals surface area contributed by atoms with Gasteiger partial charge in [0, 0.05) is 11.0 Å². The van der Waals surface area contributed by atoms with Crippen LogP contribution in [-0.4, -0.2) is 19.0 Å². The highest BCUT2D eigenvalue weighted by Gasteiger charge is 2.21. The number of carbonyl (C=O) groups is 1. The van der Waals surface area contributed by atoms with Crippen LogP contribution >= 0.6 is 15.9 Å². The van der Waals surface area contributed by atoms with Crippen LogP contribution in [0.3, 0.4) is 0 Å². The van der Waals surface area contributed by atoms with E-state index in [9.17, 15) is 4.79 Å². The SMILES string of the molecule is CCCCCN1CC(=O)Nc2ccc(Br)cc21. The average molecular weight is 297 g/mol. The number of amides is 1. The van der Waals surface area contributed by atoms with Crippen molar-refractivity contribution in [2.75, 3.05) is 23.3 Å². The van der Waals surface area contributed by atoms with Crippen molar-refractivity contribution < 1.29 is 4.79 Å². The van der Waals surface area contributed by atoms with E-state index in [0.717, 1.165) is 28.8 Å². The number of rotatable bonds is 4. The number of benzene rings is 1. The third-order valence-electron chi connectivity index (χ3n) is 2.94. The Labute approximate surface area is 110 Å². The second-order valence-corrected chi connectivity index (χ2v) is 5.25. The van der Waals surface area contributed by atoms with Crippen LogP contribution in [0.15, 0.2) is 22.7 Å². The predicted molar refractivity (Wildman–Crippen MR) is 74.5 cm³/mol. The fourth-order valence-corrected chi connectivity index (χ4v) is 2.42. The molecule has 1 aliphatic heterocycles. The van der Waals surface area contributed by atoms with Gasteiger partial charge in [0.15, 0.2) is 0 Å². The molecule has 0 fully saturated rings. The number of unbranched alkanes of at least 4 members (excludes halogenated alkanes) is 2. The summed E-state index contributed by atoms with van der Waals surface area (Å²) >= 11 is 3.48. The van der Waals surface area contributed by atoms with E-state index < -0.39 is 0 Å². The van der Waals surface area contributed by atoms with Crippen molar-refractivity contribution in [1.82, 2.24) is 0 Å². The molecule has 2 rings (SSSR count). The lowest BCUT2D eigenvalue weighted by molar-refractivity contribution is -0.115. The van der Waals surface area contributed by atoms with Gasteiger partial charge < -0.3 is 10.2 Å². The summed E-state index contributed by atoms with van der Waals surface area (Å²) in [6.45, 7) is 3.60. The molecular formula is C13H17BrN2O. The maximum atomic E-state index is 11.6. The summed E-state index contributed by atoms with van der Waals surface area (Å²) < 4.78 is 1.05. The van der Waals surface area contributed by atoms with Crippen molar-refractivity contribution in [2.45, 2.75) is 26.2 Å². The number of hydrogen-bond donors (Lipinski definition) is 1. The summed E-state index contributed by atoms with van der Waals surface area (Å²) in [5, 5.41) is 2.91. The molecule has 0 saturated heterocycles. The third-order valence-corrected chi connectivity index (χ3v) is 3.43. The molecule has 1 heterocycles. The van der Waals surface area contributed by atoms with E-state index in [1.165, 1.54) is 12.8 Å². The molecule has 0 aliphatic carbocycles. The van der Waals surface area contributed by atoms with Crippen molar-refractivity contribution >= 4 is 33.2 Å². The lowest BCUT2D eigenvalue weighted by Crippen LogP contribution is -2.38. The topological polar surface area (TPSA) is 32.3 Å². The van der Waals surface area contributed by atoms with Crippen LogP contribution in [0.2, 0.25) is 0 Å². The molecule has 1 N–H and O–H groups in total. The molecule has 3 nitrogen and oxygen atoms in total. The number of fused-ring (bicyclic) bond motifs is 1. The van der Waals surface area contributed by atoms with Crippen molar-refractivity contribution in [3.8, 4) is 0 Å². The Morgan fingerprint density at radius 1 is 1.41 bits per heavy atom. The first kappa shape index (κ1) is 12.4. The van der Waals surface area contributed by atoms with Crippen LogP contribution in [0.4, 0.5) is 11.4 Å². The Balaban J connectivity index is 2.17. The lowest BCUT2D eigenvalue weighted by atomic mass is 10.1. The zero-order valence-electron chi connectivity index (χ0n) is 10.0. The van der Waals surface area contributed by atoms with Crippen LogP contribution in [-0.2, 0) is 4.79 Å². The fraction of sp³-hybridized carbons (Fsp3) is 0.462. The van der Waals surface area contributed by atoms with Gasteiger partial charge in [0.1, 0.15) is 0 Å². The normalized spacial score (nSPS) is 14.5. The molecule has 0 radical (unpaired) electrons. The summed E-state index contributed by atoms with van der Waals surface area (Å²) in [5.74, 6) is 0.0799. The number of nitrogens with one attached hydrogen (secondary N) is 1. The van der Waals surface area contributed by atoms with Crippen molar-refractivity contribution in [3.05, 3.63) is 22.7 Å². The zero-order valence-corrected chi connectivity index (χ0v) is 11.6. The minimum atomic E-state index is 0.0799. The smallest absolute Gasteiger partial charge is 0.243 e. The zero-order chi connectivity index (χ0) is 12.3. The first-order valence-corrected chi connectivity index (χ1v) is 6.84. The van der Waals surface area contributed by atoms with Gasteiger partial charge in [0.25, 0.3) is 0 Å². The highest BCUT2D eigenvalue weighted by atomic mass is 79.9. The summed E-state index contributed by atoms with van der Waals surface area (Å²) in [6, 6.07) is 5.97. The van der Waals surface area contributed by atoms with E-state index in [1.807, 2.05) is 12.1 Å². The number of hydrogen-bond acceptors (Lipinski definition) is 2. The molecule has 4 heteroatoms. The molecule has 0 bridgehead atoms. The second-order valence-electron chi connectivity index (χ2n) is 4.34. The van der Waals surface area contributed by atoms with E-state index in [0.29, 0.717) is 6.54 Å². The van der Waals surface area contributed by atoms with E-state index in [4.69, 9.17) is 0 Å². The van der Waals surface area contributed by atoms with Gasteiger partial charge in [-0.2, -0.15) is 0 Å². The minimum Gasteiger partial charge on any atom is -0.361 e. The van der Waals surface area contributed by atoms with Crippen LogP contribution in [0, 0.1) is 0 Å². The highest BCUT2D eigenvalue weighted by molar-refractivity contribution is 9.10. The maximum Gasteiger partial charge on any atom is 0.243 e. The molecule has 92 valence electrons. The lowest BCUT2D eigenvalue weighted by Gasteiger charge is -2.31. The van der Waals surface area contributed by atoms with Crippen LogP contribution < -0.4 is 10.2 Å². The number of nitrogens with zero attached hydrogens (tertiary/aromatic N) is 1. The van der Waals surface area contributed by atoms with Gasteiger partial charge in [-0.15, -0.1) is 0 Å². The molecule has 17 heavy (non-hydrogen) atoms. The molecule has 1 aromatic rings. The first-order chi connectivity index (χ1) is 8.20. The van der Waals surface area contributed by atoms with E-state index in [1.54, 1.807) is 0 Å². The van der Waals surface area contributed by atoms with Gasteiger partial charge >= 0.3 is 0 Å². The first-order valence-electron chi connectivity index (χ1n) is 6.05. The molecule has 0 atom stereocenters. The number of anilines is 2. The Hall–Kier alpha value is -1.03. The van der Waals surface area contributed by atoms with Gasteiger partial charge in [-0.25, -0.2) is 0 Å². The van der Waals surface area contributed by atoms with Gasteiger partial charge in [0.2, 0.25) is 5.91 Å². The van der Waals surface area contributed by atoms with Gasteiger partial charge in [0.05, 0.1) is 17.9 Å². The Morgan fingerprint density at radius 3 is 3.00 bits per heavy atom. The fourth-order valence-electron chi connectivity index (χ4n) is 2.07. The monoisotopic (exact) mass is 296 g/mol. The Bertz CT molecular complexity index is 420. The highest BCUT2D eigenvalue weighted by Crippen LogP contribution is 2.32. The number of halogens is 1. The Kier molecular flexibility index (Phi) is 4.05. The third kappa shape index (κ3) is 3.00. The summed E-state index contributed by atoms with van der Waals surface area (Å²) in [6.07, 6.45) is 3.54.